The lowest BCUT2D eigenvalue weighted by molar-refractivity contribution is -0.145. The van der Waals surface area contributed by atoms with E-state index in [0.29, 0.717) is 12.5 Å². The summed E-state index contributed by atoms with van der Waals surface area (Å²) in [6, 6.07) is -0.624. The van der Waals surface area contributed by atoms with Crippen LogP contribution in [0, 0.1) is 17.8 Å². The number of hydrogen-bond acceptors (Lipinski definition) is 4. The second kappa shape index (κ2) is 8.40. The smallest absolute Gasteiger partial charge is 0.246 e. The molecular formula is C26H41N3O4. The molecule has 1 spiro atoms. The summed E-state index contributed by atoms with van der Waals surface area (Å²) in [4.78, 5) is 42.7. The van der Waals surface area contributed by atoms with Crippen molar-refractivity contribution >= 4 is 17.7 Å². The van der Waals surface area contributed by atoms with Crippen LogP contribution in [0.2, 0.25) is 0 Å². The first-order valence-corrected chi connectivity index (χ1v) is 12.7. The number of nitrogens with one attached hydrogen (secondary N) is 2. The number of amides is 3. The molecule has 33 heavy (non-hydrogen) atoms. The molecule has 0 aromatic rings. The topological polar surface area (TPSA) is 87.7 Å². The fourth-order valence-corrected chi connectivity index (χ4v) is 6.24. The average molecular weight is 460 g/mol. The normalized spacial score (nSPS) is 35.9. The van der Waals surface area contributed by atoms with E-state index >= 15 is 0 Å². The molecule has 3 amide bonds. The lowest BCUT2D eigenvalue weighted by Gasteiger charge is -2.35. The van der Waals surface area contributed by atoms with E-state index in [1.54, 1.807) is 4.90 Å². The van der Waals surface area contributed by atoms with Gasteiger partial charge in [-0.1, -0.05) is 45.3 Å². The van der Waals surface area contributed by atoms with Crippen LogP contribution in [0.4, 0.5) is 0 Å². The fraction of sp³-hybridized carbons (Fsp3) is 0.808. The molecule has 3 heterocycles. The van der Waals surface area contributed by atoms with Gasteiger partial charge in [0.25, 0.3) is 0 Å². The van der Waals surface area contributed by atoms with Crippen molar-refractivity contribution in [2.45, 2.75) is 109 Å². The standard InChI is InChI=1S/C26H41N3O4/c1-16(2)12-15-29-20(22(31)28-24(3,4)5)26-14-13-25(6,33-26)18(19(26)23(29)32)21(30)27-17-10-8-7-9-11-17/h13-14,16-20H,7-12,15H2,1-6H3,(H,27,30)(H,28,31). The van der Waals surface area contributed by atoms with E-state index < -0.39 is 34.6 Å². The number of fused-ring (bicyclic) bond motifs is 1. The van der Waals surface area contributed by atoms with Crippen molar-refractivity contribution in [1.82, 2.24) is 15.5 Å². The number of rotatable bonds is 6. The van der Waals surface area contributed by atoms with Crippen LogP contribution >= 0.6 is 0 Å². The predicted octanol–water partition coefficient (Wildman–Crippen LogP) is 2.94. The summed E-state index contributed by atoms with van der Waals surface area (Å²) in [5.41, 5.74) is -2.43. The SMILES string of the molecule is CC(C)CCN1C(=O)C2C(C(=O)NC3CCCCC3)C3(C)C=CC2(O3)C1C(=O)NC(C)(C)C. The maximum atomic E-state index is 13.9. The van der Waals surface area contributed by atoms with Gasteiger partial charge in [-0.05, 0) is 52.9 Å². The van der Waals surface area contributed by atoms with Gasteiger partial charge >= 0.3 is 0 Å². The lowest BCUT2D eigenvalue weighted by Crippen LogP contribution is -2.58. The van der Waals surface area contributed by atoms with Gasteiger partial charge in [-0.2, -0.15) is 0 Å². The zero-order chi connectivity index (χ0) is 24.2. The first-order chi connectivity index (χ1) is 15.4. The van der Waals surface area contributed by atoms with Gasteiger partial charge in [0, 0.05) is 18.1 Å². The van der Waals surface area contributed by atoms with Crippen LogP contribution in [0.25, 0.3) is 0 Å². The van der Waals surface area contributed by atoms with Gasteiger partial charge in [-0.25, -0.2) is 0 Å². The third-order valence-electron chi connectivity index (χ3n) is 7.72. The quantitative estimate of drug-likeness (QED) is 0.598. The van der Waals surface area contributed by atoms with Crippen LogP contribution in [0.5, 0.6) is 0 Å². The Balaban J connectivity index is 1.67. The minimum atomic E-state index is -1.10. The molecule has 0 aromatic carbocycles. The maximum absolute atomic E-state index is 13.9. The second-order valence-corrected chi connectivity index (χ2v) is 12.1. The number of nitrogens with zero attached hydrogens (tertiary/aromatic N) is 1. The average Bonchev–Trinajstić information content (AvgIpc) is 3.26. The van der Waals surface area contributed by atoms with Crippen LogP contribution in [-0.2, 0) is 19.1 Å². The molecule has 3 aliphatic heterocycles. The summed E-state index contributed by atoms with van der Waals surface area (Å²) in [7, 11) is 0. The molecule has 3 fully saturated rings. The molecule has 1 saturated carbocycles. The fourth-order valence-electron chi connectivity index (χ4n) is 6.24. The molecule has 5 atom stereocenters. The molecule has 2 saturated heterocycles. The molecule has 2 N–H and O–H groups in total. The summed E-state index contributed by atoms with van der Waals surface area (Å²) >= 11 is 0. The highest BCUT2D eigenvalue weighted by atomic mass is 16.5. The van der Waals surface area contributed by atoms with Gasteiger partial charge in [-0.3, -0.25) is 14.4 Å². The van der Waals surface area contributed by atoms with E-state index in [1.807, 2.05) is 39.8 Å². The van der Waals surface area contributed by atoms with Crippen molar-refractivity contribution in [1.29, 1.82) is 0 Å². The minimum Gasteiger partial charge on any atom is -0.356 e. The number of ether oxygens (including phenoxy) is 1. The van der Waals surface area contributed by atoms with Crippen LogP contribution in [0.3, 0.4) is 0 Å². The van der Waals surface area contributed by atoms with Crippen molar-refractivity contribution in [3.8, 4) is 0 Å². The number of carbonyl (C=O) groups is 3. The van der Waals surface area contributed by atoms with Crippen LogP contribution in [0.15, 0.2) is 12.2 Å². The predicted molar refractivity (Wildman–Crippen MR) is 126 cm³/mol. The third kappa shape index (κ3) is 4.22. The van der Waals surface area contributed by atoms with Gasteiger partial charge < -0.3 is 20.3 Å². The molecule has 1 aliphatic carbocycles. The molecular weight excluding hydrogens is 418 g/mol. The highest BCUT2D eigenvalue weighted by Crippen LogP contribution is 2.59. The molecule has 5 unspecified atom stereocenters. The van der Waals surface area contributed by atoms with Crippen molar-refractivity contribution < 1.29 is 19.1 Å². The molecule has 184 valence electrons. The summed E-state index contributed by atoms with van der Waals surface area (Å²) < 4.78 is 6.55. The van der Waals surface area contributed by atoms with E-state index in [2.05, 4.69) is 24.5 Å². The Labute approximate surface area is 198 Å². The Morgan fingerprint density at radius 3 is 2.42 bits per heavy atom. The molecule has 2 bridgehead atoms. The van der Waals surface area contributed by atoms with E-state index in [1.165, 1.54) is 6.42 Å². The number of hydrogen-bond donors (Lipinski definition) is 2. The summed E-state index contributed by atoms with van der Waals surface area (Å²) in [6.07, 6.45) is 9.99. The van der Waals surface area contributed by atoms with Crippen LogP contribution in [-0.4, -0.2) is 58.0 Å². The van der Waals surface area contributed by atoms with E-state index in [4.69, 9.17) is 4.74 Å². The zero-order valence-corrected chi connectivity index (χ0v) is 21.1. The third-order valence-corrected chi connectivity index (χ3v) is 7.72. The first kappa shape index (κ1) is 24.2. The Morgan fingerprint density at radius 2 is 1.82 bits per heavy atom. The second-order valence-electron chi connectivity index (χ2n) is 12.1. The largest absolute Gasteiger partial charge is 0.356 e. The Hall–Kier alpha value is -1.89. The number of likely N-dealkylation sites (tertiary alicyclic amines) is 1. The van der Waals surface area contributed by atoms with Gasteiger partial charge in [0.1, 0.15) is 11.6 Å². The van der Waals surface area contributed by atoms with Crippen LogP contribution < -0.4 is 10.6 Å². The molecule has 4 aliphatic rings. The van der Waals surface area contributed by atoms with Crippen molar-refractivity contribution in [2.75, 3.05) is 6.54 Å². The minimum absolute atomic E-state index is 0.116. The summed E-state index contributed by atoms with van der Waals surface area (Å²) in [6.45, 7) is 12.4. The highest BCUT2D eigenvalue weighted by molar-refractivity contribution is 6.00. The van der Waals surface area contributed by atoms with Crippen LogP contribution in [0.1, 0.15) is 80.1 Å². The monoisotopic (exact) mass is 459 g/mol. The summed E-state index contributed by atoms with van der Waals surface area (Å²) in [5, 5.41) is 6.29. The summed E-state index contributed by atoms with van der Waals surface area (Å²) in [5.74, 6) is -1.40. The molecule has 7 heteroatoms. The number of carbonyl (C=O) groups excluding carboxylic acids is 3. The Kier molecular flexibility index (Phi) is 6.17. The van der Waals surface area contributed by atoms with Crippen molar-refractivity contribution in [3.05, 3.63) is 12.2 Å². The lowest BCUT2D eigenvalue weighted by atomic mass is 9.70. The van der Waals surface area contributed by atoms with E-state index in [0.717, 1.165) is 32.1 Å². The molecule has 0 aromatic heterocycles. The van der Waals surface area contributed by atoms with E-state index in [9.17, 15) is 14.4 Å². The zero-order valence-electron chi connectivity index (χ0n) is 21.1. The molecule has 7 nitrogen and oxygen atoms in total. The Bertz CT molecular complexity index is 841. The Morgan fingerprint density at radius 1 is 1.15 bits per heavy atom. The van der Waals surface area contributed by atoms with Gasteiger partial charge in [0.05, 0.1) is 17.4 Å². The van der Waals surface area contributed by atoms with Crippen molar-refractivity contribution in [2.24, 2.45) is 17.8 Å². The molecule has 4 rings (SSSR count). The van der Waals surface area contributed by atoms with Crippen molar-refractivity contribution in [3.63, 3.8) is 0 Å². The first-order valence-electron chi connectivity index (χ1n) is 12.7. The van der Waals surface area contributed by atoms with Gasteiger partial charge in [0.2, 0.25) is 17.7 Å². The highest BCUT2D eigenvalue weighted by Gasteiger charge is 2.76. The van der Waals surface area contributed by atoms with Gasteiger partial charge in [-0.15, -0.1) is 0 Å². The molecule has 0 radical (unpaired) electrons. The van der Waals surface area contributed by atoms with Gasteiger partial charge in [0.15, 0.2) is 0 Å². The van der Waals surface area contributed by atoms with E-state index in [-0.39, 0.29) is 23.8 Å². The maximum Gasteiger partial charge on any atom is 0.246 e.